The van der Waals surface area contributed by atoms with Gasteiger partial charge in [-0.15, -0.1) is 0 Å². The highest BCUT2D eigenvalue weighted by Crippen LogP contribution is 2.13. The smallest absolute Gasteiger partial charge is 0.220 e. The zero-order valence-corrected chi connectivity index (χ0v) is 11.5. The van der Waals surface area contributed by atoms with Crippen molar-refractivity contribution >= 4 is 17.2 Å². The third kappa shape index (κ3) is 4.17. The van der Waals surface area contributed by atoms with Gasteiger partial charge in [0.25, 0.3) is 0 Å². The van der Waals surface area contributed by atoms with Crippen molar-refractivity contribution in [2.45, 2.75) is 25.8 Å². The van der Waals surface area contributed by atoms with E-state index in [2.05, 4.69) is 10.7 Å². The number of amides is 1. The molecule has 1 amide bonds. The molecule has 0 saturated heterocycles. The summed E-state index contributed by atoms with van der Waals surface area (Å²) in [6.45, 7) is 1.90. The van der Waals surface area contributed by atoms with Gasteiger partial charge in [0.1, 0.15) is 5.82 Å². The van der Waals surface area contributed by atoms with Crippen LogP contribution in [0.4, 0.5) is 4.39 Å². The first-order valence-corrected chi connectivity index (χ1v) is 7.15. The molecule has 0 aliphatic rings. The van der Waals surface area contributed by atoms with Crippen LogP contribution in [0.5, 0.6) is 0 Å². The Hall–Kier alpha value is -1.68. The Bertz CT molecular complexity index is 522. The van der Waals surface area contributed by atoms with Gasteiger partial charge in [0, 0.05) is 6.42 Å². The highest BCUT2D eigenvalue weighted by molar-refractivity contribution is 7.07. The van der Waals surface area contributed by atoms with Crippen LogP contribution in [0.1, 0.15) is 30.5 Å². The minimum Gasteiger partial charge on any atom is -0.350 e. The largest absolute Gasteiger partial charge is 0.350 e. The molecule has 100 valence electrons. The summed E-state index contributed by atoms with van der Waals surface area (Å²) in [5.41, 5.74) is 2.10. The van der Waals surface area contributed by atoms with Gasteiger partial charge in [0.2, 0.25) is 5.91 Å². The molecule has 4 heteroatoms. The fraction of sp³-hybridized carbons (Fsp3) is 0.267. The number of thiophene rings is 1. The van der Waals surface area contributed by atoms with E-state index in [1.165, 1.54) is 17.7 Å². The van der Waals surface area contributed by atoms with Gasteiger partial charge in [0.15, 0.2) is 0 Å². The maximum atomic E-state index is 12.8. The van der Waals surface area contributed by atoms with Crippen LogP contribution in [0.3, 0.4) is 0 Å². The van der Waals surface area contributed by atoms with Crippen LogP contribution < -0.4 is 5.32 Å². The van der Waals surface area contributed by atoms with Gasteiger partial charge >= 0.3 is 0 Å². The number of rotatable bonds is 5. The van der Waals surface area contributed by atoms with Gasteiger partial charge < -0.3 is 5.32 Å². The summed E-state index contributed by atoms with van der Waals surface area (Å²) in [6, 6.07) is 8.13. The van der Waals surface area contributed by atoms with Crippen molar-refractivity contribution in [2.24, 2.45) is 0 Å². The lowest BCUT2D eigenvalue weighted by atomic mass is 10.1. The molecular formula is C15H16FNOS. The van der Waals surface area contributed by atoms with E-state index in [0.29, 0.717) is 6.42 Å². The van der Waals surface area contributed by atoms with Gasteiger partial charge in [0.05, 0.1) is 6.04 Å². The van der Waals surface area contributed by atoms with Crippen molar-refractivity contribution < 1.29 is 9.18 Å². The lowest BCUT2D eigenvalue weighted by Gasteiger charge is -2.14. The third-order valence-electron chi connectivity index (χ3n) is 2.97. The molecule has 0 aliphatic heterocycles. The molecule has 1 N–H and O–H groups in total. The number of hydrogen-bond donors (Lipinski definition) is 1. The maximum absolute atomic E-state index is 12.8. The average molecular weight is 277 g/mol. The van der Waals surface area contributed by atoms with Crippen molar-refractivity contribution in [1.29, 1.82) is 0 Å². The van der Waals surface area contributed by atoms with E-state index in [1.807, 2.05) is 18.4 Å². The van der Waals surface area contributed by atoms with Gasteiger partial charge in [-0.05, 0) is 53.4 Å². The topological polar surface area (TPSA) is 29.1 Å². The quantitative estimate of drug-likeness (QED) is 0.887. The number of benzene rings is 1. The number of halogens is 1. The standard InChI is InChI=1S/C15H16FNOS/c1-11(13-3-5-14(16)6-4-13)17-15(18)7-2-12-8-9-19-10-12/h3-6,8-11H,2,7H2,1H3,(H,17,18)/t11-/m1/s1. The lowest BCUT2D eigenvalue weighted by Crippen LogP contribution is -2.26. The molecule has 1 aromatic carbocycles. The molecular weight excluding hydrogens is 261 g/mol. The summed E-state index contributed by atoms with van der Waals surface area (Å²) in [6.07, 6.45) is 1.23. The van der Waals surface area contributed by atoms with E-state index in [0.717, 1.165) is 12.0 Å². The lowest BCUT2D eigenvalue weighted by molar-refractivity contribution is -0.121. The normalized spacial score (nSPS) is 12.1. The number of aryl methyl sites for hydroxylation is 1. The first-order chi connectivity index (χ1) is 9.15. The Morgan fingerprint density at radius 3 is 2.68 bits per heavy atom. The minimum atomic E-state index is -0.264. The molecule has 2 rings (SSSR count). The summed E-state index contributed by atoms with van der Waals surface area (Å²) in [5, 5.41) is 6.98. The molecule has 0 saturated carbocycles. The molecule has 0 radical (unpaired) electrons. The SMILES string of the molecule is C[C@@H](NC(=O)CCc1ccsc1)c1ccc(F)cc1. The van der Waals surface area contributed by atoms with Crippen molar-refractivity contribution in [1.82, 2.24) is 5.32 Å². The fourth-order valence-electron chi connectivity index (χ4n) is 1.84. The van der Waals surface area contributed by atoms with E-state index < -0.39 is 0 Å². The average Bonchev–Trinajstić information content (AvgIpc) is 2.90. The summed E-state index contributed by atoms with van der Waals surface area (Å²) in [4.78, 5) is 11.8. The second-order valence-corrected chi connectivity index (χ2v) is 5.25. The molecule has 1 heterocycles. The molecule has 2 nitrogen and oxygen atoms in total. The molecule has 1 aromatic heterocycles. The molecule has 0 aliphatic carbocycles. The van der Waals surface area contributed by atoms with Crippen LogP contribution in [0.25, 0.3) is 0 Å². The highest BCUT2D eigenvalue weighted by Gasteiger charge is 2.09. The summed E-state index contributed by atoms with van der Waals surface area (Å²) in [5.74, 6) is -0.247. The Kier molecular flexibility index (Phi) is 4.68. The summed E-state index contributed by atoms with van der Waals surface area (Å²) >= 11 is 1.64. The number of carbonyl (C=O) groups excluding carboxylic acids is 1. The van der Waals surface area contributed by atoms with Crippen LogP contribution >= 0.6 is 11.3 Å². The molecule has 19 heavy (non-hydrogen) atoms. The van der Waals surface area contributed by atoms with Gasteiger partial charge in [-0.2, -0.15) is 11.3 Å². The van der Waals surface area contributed by atoms with Crippen LogP contribution in [0.15, 0.2) is 41.1 Å². The van der Waals surface area contributed by atoms with Crippen LogP contribution in [0, 0.1) is 5.82 Å². The molecule has 2 aromatic rings. The predicted octanol–water partition coefficient (Wildman–Crippen LogP) is 3.70. The van der Waals surface area contributed by atoms with E-state index in [4.69, 9.17) is 0 Å². The Labute approximate surface area is 116 Å². The second-order valence-electron chi connectivity index (χ2n) is 4.47. The van der Waals surface area contributed by atoms with Crippen LogP contribution in [0.2, 0.25) is 0 Å². The zero-order valence-electron chi connectivity index (χ0n) is 10.7. The van der Waals surface area contributed by atoms with Gasteiger partial charge in [-0.3, -0.25) is 4.79 Å². The highest BCUT2D eigenvalue weighted by atomic mass is 32.1. The molecule has 1 atom stereocenters. The molecule has 0 unspecified atom stereocenters. The predicted molar refractivity (Wildman–Crippen MR) is 75.6 cm³/mol. The zero-order chi connectivity index (χ0) is 13.7. The van der Waals surface area contributed by atoms with Gasteiger partial charge in [-0.1, -0.05) is 12.1 Å². The Morgan fingerprint density at radius 1 is 1.32 bits per heavy atom. The summed E-state index contributed by atoms with van der Waals surface area (Å²) in [7, 11) is 0. The van der Waals surface area contributed by atoms with Crippen molar-refractivity contribution in [3.05, 3.63) is 58.0 Å². The second kappa shape index (κ2) is 6.48. The first-order valence-electron chi connectivity index (χ1n) is 6.21. The summed E-state index contributed by atoms with van der Waals surface area (Å²) < 4.78 is 12.8. The fourth-order valence-corrected chi connectivity index (χ4v) is 2.54. The number of carbonyl (C=O) groups is 1. The van der Waals surface area contributed by atoms with Crippen LogP contribution in [-0.2, 0) is 11.2 Å². The van der Waals surface area contributed by atoms with Crippen molar-refractivity contribution in [2.75, 3.05) is 0 Å². The Morgan fingerprint density at radius 2 is 2.05 bits per heavy atom. The third-order valence-corrected chi connectivity index (χ3v) is 3.70. The number of nitrogens with one attached hydrogen (secondary N) is 1. The minimum absolute atomic E-state index is 0.0167. The van der Waals surface area contributed by atoms with Crippen LogP contribution in [-0.4, -0.2) is 5.91 Å². The van der Waals surface area contributed by atoms with E-state index in [9.17, 15) is 9.18 Å². The molecule has 0 spiro atoms. The number of hydrogen-bond acceptors (Lipinski definition) is 2. The van der Waals surface area contributed by atoms with E-state index in [1.54, 1.807) is 23.5 Å². The van der Waals surface area contributed by atoms with E-state index in [-0.39, 0.29) is 17.8 Å². The Balaban J connectivity index is 1.83. The monoisotopic (exact) mass is 277 g/mol. The van der Waals surface area contributed by atoms with Gasteiger partial charge in [-0.25, -0.2) is 4.39 Å². The molecule has 0 fully saturated rings. The maximum Gasteiger partial charge on any atom is 0.220 e. The van der Waals surface area contributed by atoms with E-state index >= 15 is 0 Å². The van der Waals surface area contributed by atoms with Crippen molar-refractivity contribution in [3.63, 3.8) is 0 Å². The van der Waals surface area contributed by atoms with Crippen molar-refractivity contribution in [3.8, 4) is 0 Å². The first kappa shape index (κ1) is 13.7. The molecule has 0 bridgehead atoms.